The quantitative estimate of drug-likeness (QED) is 0.784. The molecule has 6 heteroatoms. The minimum absolute atomic E-state index is 0.0287. The molecule has 1 fully saturated rings. The van der Waals surface area contributed by atoms with E-state index in [0.29, 0.717) is 39.0 Å². The van der Waals surface area contributed by atoms with Gasteiger partial charge in [-0.3, -0.25) is 4.79 Å². The smallest absolute Gasteiger partial charge is 0.274 e. The fourth-order valence-corrected chi connectivity index (χ4v) is 2.92. The van der Waals surface area contributed by atoms with Gasteiger partial charge < -0.3 is 9.80 Å². The lowest BCUT2D eigenvalue weighted by Crippen LogP contribution is -2.50. The number of rotatable bonds is 4. The van der Waals surface area contributed by atoms with Crippen molar-refractivity contribution in [2.45, 2.75) is 51.9 Å². The number of aliphatic imine (C=N–C) groups is 1. The molecule has 0 unspecified atom stereocenters. The third-order valence-electron chi connectivity index (χ3n) is 4.51. The number of hydrogen-bond acceptors (Lipinski definition) is 3. The van der Waals surface area contributed by atoms with Gasteiger partial charge >= 0.3 is 0 Å². The molecule has 1 amide bonds. The van der Waals surface area contributed by atoms with Crippen LogP contribution >= 0.6 is 0 Å². The maximum absolute atomic E-state index is 13.9. The predicted molar refractivity (Wildman–Crippen MR) is 92.2 cm³/mol. The van der Waals surface area contributed by atoms with Crippen LogP contribution in [-0.4, -0.2) is 53.6 Å². The monoisotopic (exact) mass is 339 g/mol. The van der Waals surface area contributed by atoms with Crippen molar-refractivity contribution in [2.24, 2.45) is 4.99 Å². The van der Waals surface area contributed by atoms with Crippen LogP contribution in [0.1, 0.15) is 46.0 Å². The summed E-state index contributed by atoms with van der Waals surface area (Å²) in [6, 6.07) is 0. The minimum atomic E-state index is -2.84. The van der Waals surface area contributed by atoms with Crippen LogP contribution in [0.15, 0.2) is 28.9 Å². The number of amidine groups is 1. The lowest BCUT2D eigenvalue weighted by Gasteiger charge is -2.36. The van der Waals surface area contributed by atoms with E-state index >= 15 is 0 Å². The Bertz CT molecular complexity index is 532. The average Bonchev–Trinajstić information content (AvgIpc) is 2.55. The summed E-state index contributed by atoms with van der Waals surface area (Å²) in [5.74, 6) is -1.80. The molecule has 134 valence electrons. The number of carbonyl (C=O) groups is 1. The molecule has 0 aromatic heterocycles. The summed E-state index contributed by atoms with van der Waals surface area (Å²) in [4.78, 5) is 20.3. The zero-order valence-corrected chi connectivity index (χ0v) is 14.6. The summed E-state index contributed by atoms with van der Waals surface area (Å²) in [5, 5.41) is 0. The second-order valence-corrected chi connectivity index (χ2v) is 6.25. The second kappa shape index (κ2) is 8.40. The highest BCUT2D eigenvalue weighted by Gasteiger charge is 2.30. The first-order valence-corrected chi connectivity index (χ1v) is 8.82. The summed E-state index contributed by atoms with van der Waals surface area (Å²) in [6.07, 6.45) is 7.25. The van der Waals surface area contributed by atoms with Gasteiger partial charge in [0, 0.05) is 57.2 Å². The van der Waals surface area contributed by atoms with Crippen LogP contribution in [0, 0.1) is 0 Å². The highest BCUT2D eigenvalue weighted by atomic mass is 19.3. The Balaban J connectivity index is 2.03. The molecule has 4 nitrogen and oxygen atoms in total. The molecule has 0 atom stereocenters. The molecular weight excluding hydrogens is 312 g/mol. The molecule has 0 saturated carbocycles. The highest BCUT2D eigenvalue weighted by molar-refractivity contribution is 5.84. The van der Waals surface area contributed by atoms with E-state index in [1.165, 1.54) is 19.2 Å². The summed E-state index contributed by atoms with van der Waals surface area (Å²) in [5.41, 5.74) is -0.0287. The Morgan fingerprint density at radius 3 is 2.58 bits per heavy atom. The number of nitrogens with zero attached hydrogens (tertiary/aromatic N) is 3. The van der Waals surface area contributed by atoms with Crippen LogP contribution in [0.5, 0.6) is 0 Å². The van der Waals surface area contributed by atoms with Gasteiger partial charge in [-0.1, -0.05) is 26.0 Å². The summed E-state index contributed by atoms with van der Waals surface area (Å²) in [6.45, 7) is 6.26. The van der Waals surface area contributed by atoms with Gasteiger partial charge in [-0.15, -0.1) is 0 Å². The second-order valence-electron chi connectivity index (χ2n) is 6.25. The van der Waals surface area contributed by atoms with E-state index in [0.717, 1.165) is 18.7 Å². The Labute approximate surface area is 142 Å². The third kappa shape index (κ3) is 4.65. The highest BCUT2D eigenvalue weighted by Crippen LogP contribution is 2.29. The molecule has 0 aromatic carbocycles. The Hall–Kier alpha value is -1.72. The maximum atomic E-state index is 13.9. The Kier molecular flexibility index (Phi) is 6.52. The molecule has 0 aromatic rings. The van der Waals surface area contributed by atoms with Crippen molar-refractivity contribution in [1.82, 2.24) is 9.80 Å². The summed E-state index contributed by atoms with van der Waals surface area (Å²) >= 11 is 0. The van der Waals surface area contributed by atoms with Gasteiger partial charge in [0.15, 0.2) is 0 Å². The van der Waals surface area contributed by atoms with Crippen molar-refractivity contribution < 1.29 is 13.6 Å². The van der Waals surface area contributed by atoms with Crippen molar-refractivity contribution in [1.29, 1.82) is 0 Å². The fourth-order valence-electron chi connectivity index (χ4n) is 2.92. The van der Waals surface area contributed by atoms with E-state index in [1.54, 1.807) is 6.08 Å². The topological polar surface area (TPSA) is 35.9 Å². The van der Waals surface area contributed by atoms with Crippen LogP contribution in [0.2, 0.25) is 0 Å². The number of alkyl halides is 2. The molecule has 2 rings (SSSR count). The number of carbonyl (C=O) groups excluding carboxylic acids is 1. The van der Waals surface area contributed by atoms with Crippen LogP contribution in [0.4, 0.5) is 8.78 Å². The van der Waals surface area contributed by atoms with Crippen molar-refractivity contribution in [3.05, 3.63) is 23.9 Å². The van der Waals surface area contributed by atoms with Crippen LogP contribution < -0.4 is 0 Å². The van der Waals surface area contributed by atoms with E-state index in [-0.39, 0.29) is 17.9 Å². The third-order valence-corrected chi connectivity index (χ3v) is 4.51. The zero-order valence-electron chi connectivity index (χ0n) is 14.6. The van der Waals surface area contributed by atoms with Crippen molar-refractivity contribution in [2.75, 3.05) is 26.2 Å². The normalized spacial score (nSPS) is 23.0. The molecule has 0 N–H and O–H groups in total. The molecule has 1 saturated heterocycles. The van der Waals surface area contributed by atoms with E-state index in [2.05, 4.69) is 9.89 Å². The molecule has 2 heterocycles. The Morgan fingerprint density at radius 1 is 1.25 bits per heavy atom. The SMILES string of the molecule is CCCC(=O)N1CCN(C2=N/C=C(C(F)(F)CC)\C=C/CC2)CC1. The first-order valence-electron chi connectivity index (χ1n) is 8.82. The summed E-state index contributed by atoms with van der Waals surface area (Å²) < 4.78 is 27.8. The van der Waals surface area contributed by atoms with Gasteiger partial charge in [0.25, 0.3) is 5.92 Å². The number of allylic oxidation sites excluding steroid dienone is 3. The molecule has 24 heavy (non-hydrogen) atoms. The summed E-state index contributed by atoms with van der Waals surface area (Å²) in [7, 11) is 0. The first-order chi connectivity index (χ1) is 11.5. The number of halogens is 2. The lowest BCUT2D eigenvalue weighted by molar-refractivity contribution is -0.132. The standard InChI is InChI=1S/C18H27F2N3O/c1-3-7-17(24)23-12-10-22(11-13-23)16-9-6-5-8-15(14-21-16)18(19,20)4-2/h5,8,14H,3-4,6-7,9-13H2,1-2H3/b8-5-,15-14+,21-16?. The van der Waals surface area contributed by atoms with Gasteiger partial charge in [0.1, 0.15) is 5.84 Å². The van der Waals surface area contributed by atoms with E-state index in [4.69, 9.17) is 0 Å². The Morgan fingerprint density at radius 2 is 1.96 bits per heavy atom. The van der Waals surface area contributed by atoms with Gasteiger partial charge in [-0.05, 0) is 12.8 Å². The largest absolute Gasteiger partial charge is 0.357 e. The van der Waals surface area contributed by atoms with Crippen LogP contribution in [0.3, 0.4) is 0 Å². The molecule has 0 bridgehead atoms. The van der Waals surface area contributed by atoms with Gasteiger partial charge in [-0.2, -0.15) is 0 Å². The van der Waals surface area contributed by atoms with Gasteiger partial charge in [0.05, 0.1) is 0 Å². The molecule has 0 aliphatic carbocycles. The zero-order chi connectivity index (χ0) is 17.6. The minimum Gasteiger partial charge on any atom is -0.357 e. The first kappa shape index (κ1) is 18.6. The molecular formula is C18H27F2N3O. The van der Waals surface area contributed by atoms with Gasteiger partial charge in [-0.25, -0.2) is 13.8 Å². The number of hydrogen-bond donors (Lipinski definition) is 0. The van der Waals surface area contributed by atoms with Crippen LogP contribution in [-0.2, 0) is 4.79 Å². The maximum Gasteiger partial charge on any atom is 0.274 e. The van der Waals surface area contributed by atoms with E-state index in [1.807, 2.05) is 11.8 Å². The molecule has 0 spiro atoms. The average molecular weight is 339 g/mol. The van der Waals surface area contributed by atoms with E-state index in [9.17, 15) is 13.6 Å². The number of amides is 1. The number of piperazine rings is 1. The van der Waals surface area contributed by atoms with Crippen LogP contribution in [0.25, 0.3) is 0 Å². The van der Waals surface area contributed by atoms with E-state index < -0.39 is 5.92 Å². The lowest BCUT2D eigenvalue weighted by atomic mass is 10.1. The van der Waals surface area contributed by atoms with Crippen molar-refractivity contribution >= 4 is 11.7 Å². The predicted octanol–water partition coefficient (Wildman–Crippen LogP) is 3.61. The fraction of sp³-hybridized carbons (Fsp3) is 0.667. The van der Waals surface area contributed by atoms with Gasteiger partial charge in [0.2, 0.25) is 5.91 Å². The van der Waals surface area contributed by atoms with Crippen molar-refractivity contribution in [3.8, 4) is 0 Å². The molecule has 0 radical (unpaired) electrons. The van der Waals surface area contributed by atoms with Crippen molar-refractivity contribution in [3.63, 3.8) is 0 Å². The molecule has 2 aliphatic rings. The molecule has 2 aliphatic heterocycles.